The third-order valence-corrected chi connectivity index (χ3v) is 4.59. The second kappa shape index (κ2) is 10.8. The monoisotopic (exact) mass is 376 g/mol. The number of piperidine rings is 1. The Bertz CT molecular complexity index is 610. The zero-order chi connectivity index (χ0) is 19.6. The van der Waals surface area contributed by atoms with Crippen LogP contribution >= 0.6 is 0 Å². The standard InChI is InChI=1S/C20H32N4O3/c1-4-21-19(22-14-18(25)16-8-6-15(3)7-9-16)23-17-10-12-24(13-11-17)20(26)27-5-2/h6-9,17-18,25H,4-5,10-14H2,1-3H3,(H2,21,22,23). The fourth-order valence-corrected chi connectivity index (χ4v) is 3.01. The molecule has 1 amide bonds. The predicted molar refractivity (Wildman–Crippen MR) is 107 cm³/mol. The van der Waals surface area contributed by atoms with Crippen molar-refractivity contribution in [3.63, 3.8) is 0 Å². The molecule has 1 unspecified atom stereocenters. The van der Waals surface area contributed by atoms with Crippen LogP contribution in [0.5, 0.6) is 0 Å². The molecule has 0 saturated carbocycles. The van der Waals surface area contributed by atoms with Gasteiger partial charge in [-0.2, -0.15) is 0 Å². The Morgan fingerprint density at radius 1 is 1.30 bits per heavy atom. The zero-order valence-electron chi connectivity index (χ0n) is 16.6. The van der Waals surface area contributed by atoms with Crippen molar-refractivity contribution in [2.45, 2.75) is 45.8 Å². The van der Waals surface area contributed by atoms with Crippen molar-refractivity contribution < 1.29 is 14.6 Å². The van der Waals surface area contributed by atoms with Gasteiger partial charge in [-0.25, -0.2) is 4.79 Å². The highest BCUT2D eigenvalue weighted by Gasteiger charge is 2.24. The molecule has 7 heteroatoms. The lowest BCUT2D eigenvalue weighted by Gasteiger charge is -2.32. The minimum Gasteiger partial charge on any atom is -0.450 e. The van der Waals surface area contributed by atoms with Crippen molar-refractivity contribution in [3.05, 3.63) is 35.4 Å². The number of aliphatic hydroxyl groups excluding tert-OH is 1. The van der Waals surface area contributed by atoms with E-state index in [0.717, 1.165) is 24.9 Å². The van der Waals surface area contributed by atoms with E-state index < -0.39 is 6.10 Å². The second-order valence-corrected chi connectivity index (χ2v) is 6.75. The number of benzene rings is 1. The van der Waals surface area contributed by atoms with Gasteiger partial charge in [-0.3, -0.25) is 4.99 Å². The Balaban J connectivity index is 1.86. The largest absolute Gasteiger partial charge is 0.450 e. The second-order valence-electron chi connectivity index (χ2n) is 6.75. The van der Waals surface area contributed by atoms with Crippen LogP contribution in [0, 0.1) is 6.92 Å². The van der Waals surface area contributed by atoms with Gasteiger partial charge in [0.1, 0.15) is 0 Å². The van der Waals surface area contributed by atoms with Gasteiger partial charge in [0.15, 0.2) is 5.96 Å². The van der Waals surface area contributed by atoms with Gasteiger partial charge >= 0.3 is 6.09 Å². The molecule has 1 aliphatic heterocycles. The summed E-state index contributed by atoms with van der Waals surface area (Å²) in [6.45, 7) is 8.62. The Morgan fingerprint density at radius 3 is 2.56 bits per heavy atom. The van der Waals surface area contributed by atoms with Crippen molar-refractivity contribution >= 4 is 12.1 Å². The quantitative estimate of drug-likeness (QED) is 0.523. The Hall–Kier alpha value is -2.28. The van der Waals surface area contributed by atoms with Crippen LogP contribution in [0.3, 0.4) is 0 Å². The normalized spacial score (nSPS) is 16.7. The topological polar surface area (TPSA) is 86.2 Å². The molecule has 1 aromatic carbocycles. The van der Waals surface area contributed by atoms with E-state index in [4.69, 9.17) is 4.74 Å². The summed E-state index contributed by atoms with van der Waals surface area (Å²) in [6, 6.07) is 8.08. The first-order chi connectivity index (χ1) is 13.0. The molecular formula is C20H32N4O3. The minimum atomic E-state index is -0.633. The fraction of sp³-hybridized carbons (Fsp3) is 0.600. The van der Waals surface area contributed by atoms with Crippen LogP contribution in [-0.4, -0.2) is 60.9 Å². The van der Waals surface area contributed by atoms with E-state index in [1.165, 1.54) is 5.56 Å². The zero-order valence-corrected chi connectivity index (χ0v) is 16.6. The van der Waals surface area contributed by atoms with Crippen LogP contribution in [0.4, 0.5) is 4.79 Å². The maximum atomic E-state index is 11.8. The molecule has 0 aliphatic carbocycles. The summed E-state index contributed by atoms with van der Waals surface area (Å²) in [5.41, 5.74) is 2.03. The molecule has 1 atom stereocenters. The third-order valence-electron chi connectivity index (χ3n) is 4.59. The number of guanidine groups is 1. The fourth-order valence-electron chi connectivity index (χ4n) is 3.01. The number of nitrogens with zero attached hydrogens (tertiary/aromatic N) is 2. The van der Waals surface area contributed by atoms with E-state index in [1.54, 1.807) is 4.90 Å². The number of amides is 1. The molecule has 0 bridgehead atoms. The number of aliphatic hydroxyl groups is 1. The lowest BCUT2D eigenvalue weighted by Crippen LogP contribution is -2.50. The molecule has 1 aliphatic rings. The molecular weight excluding hydrogens is 344 g/mol. The van der Waals surface area contributed by atoms with Crippen LogP contribution in [0.2, 0.25) is 0 Å². The molecule has 1 fully saturated rings. The number of hydrogen-bond acceptors (Lipinski definition) is 4. The average molecular weight is 377 g/mol. The summed E-state index contributed by atoms with van der Waals surface area (Å²) < 4.78 is 5.05. The summed E-state index contributed by atoms with van der Waals surface area (Å²) in [6.07, 6.45) is 0.803. The van der Waals surface area contributed by atoms with Crippen molar-refractivity contribution in [1.29, 1.82) is 0 Å². The molecule has 0 aromatic heterocycles. The number of aliphatic imine (C=N–C) groups is 1. The molecule has 150 valence electrons. The van der Waals surface area contributed by atoms with Crippen LogP contribution in [0.15, 0.2) is 29.3 Å². The molecule has 2 rings (SSSR count). The van der Waals surface area contributed by atoms with Crippen LogP contribution in [0.25, 0.3) is 0 Å². The highest BCUT2D eigenvalue weighted by atomic mass is 16.6. The van der Waals surface area contributed by atoms with Crippen molar-refractivity contribution in [2.24, 2.45) is 4.99 Å². The smallest absolute Gasteiger partial charge is 0.409 e. The van der Waals surface area contributed by atoms with E-state index in [0.29, 0.717) is 32.2 Å². The molecule has 27 heavy (non-hydrogen) atoms. The number of carbonyl (C=O) groups excluding carboxylic acids is 1. The lowest BCUT2D eigenvalue weighted by molar-refractivity contribution is 0.0963. The van der Waals surface area contributed by atoms with E-state index in [-0.39, 0.29) is 12.1 Å². The number of hydrogen-bond donors (Lipinski definition) is 3. The SMILES string of the molecule is CCNC(=NCC(O)c1ccc(C)cc1)NC1CCN(C(=O)OCC)CC1. The van der Waals surface area contributed by atoms with Crippen molar-refractivity contribution in [2.75, 3.05) is 32.8 Å². The van der Waals surface area contributed by atoms with E-state index in [1.807, 2.05) is 45.0 Å². The number of ether oxygens (including phenoxy) is 1. The molecule has 1 saturated heterocycles. The van der Waals surface area contributed by atoms with Gasteiger partial charge in [0.05, 0.1) is 19.3 Å². The first-order valence-corrected chi connectivity index (χ1v) is 9.74. The summed E-state index contributed by atoms with van der Waals surface area (Å²) in [7, 11) is 0. The number of likely N-dealkylation sites (tertiary alicyclic amines) is 1. The highest BCUT2D eigenvalue weighted by Crippen LogP contribution is 2.14. The van der Waals surface area contributed by atoms with Gasteiger partial charge in [0.2, 0.25) is 0 Å². The Labute approximate surface area is 161 Å². The predicted octanol–water partition coefficient (Wildman–Crippen LogP) is 2.20. The molecule has 1 heterocycles. The first-order valence-electron chi connectivity index (χ1n) is 9.74. The maximum Gasteiger partial charge on any atom is 0.409 e. The molecule has 7 nitrogen and oxygen atoms in total. The summed E-state index contributed by atoms with van der Waals surface area (Å²) in [4.78, 5) is 18.1. The molecule has 1 aromatic rings. The van der Waals surface area contributed by atoms with Gasteiger partial charge in [-0.1, -0.05) is 29.8 Å². The molecule has 0 spiro atoms. The minimum absolute atomic E-state index is 0.238. The summed E-state index contributed by atoms with van der Waals surface area (Å²) in [5.74, 6) is 0.693. The van der Waals surface area contributed by atoms with Gasteiger partial charge in [0.25, 0.3) is 0 Å². The van der Waals surface area contributed by atoms with Gasteiger partial charge in [-0.05, 0) is 39.2 Å². The van der Waals surface area contributed by atoms with Crippen LogP contribution in [-0.2, 0) is 4.74 Å². The van der Waals surface area contributed by atoms with Gasteiger partial charge in [0, 0.05) is 25.7 Å². The van der Waals surface area contributed by atoms with Gasteiger partial charge in [-0.15, -0.1) is 0 Å². The van der Waals surface area contributed by atoms with E-state index in [9.17, 15) is 9.90 Å². The first kappa shape index (κ1) is 21.0. The Morgan fingerprint density at radius 2 is 1.96 bits per heavy atom. The third kappa shape index (κ3) is 6.75. The Kier molecular flexibility index (Phi) is 8.39. The summed E-state index contributed by atoms with van der Waals surface area (Å²) >= 11 is 0. The van der Waals surface area contributed by atoms with Crippen LogP contribution in [0.1, 0.15) is 43.9 Å². The summed E-state index contributed by atoms with van der Waals surface area (Å²) in [5, 5.41) is 17.0. The number of nitrogens with one attached hydrogen (secondary N) is 2. The molecule has 3 N–H and O–H groups in total. The van der Waals surface area contributed by atoms with Crippen molar-refractivity contribution in [3.8, 4) is 0 Å². The lowest BCUT2D eigenvalue weighted by atomic mass is 10.1. The number of rotatable bonds is 6. The molecule has 0 radical (unpaired) electrons. The van der Waals surface area contributed by atoms with Crippen molar-refractivity contribution in [1.82, 2.24) is 15.5 Å². The average Bonchev–Trinajstić information content (AvgIpc) is 2.67. The number of aryl methyl sites for hydroxylation is 1. The van der Waals surface area contributed by atoms with E-state index >= 15 is 0 Å². The van der Waals surface area contributed by atoms with E-state index in [2.05, 4.69) is 15.6 Å². The van der Waals surface area contributed by atoms with Crippen LogP contribution < -0.4 is 10.6 Å². The number of carbonyl (C=O) groups is 1. The highest BCUT2D eigenvalue weighted by molar-refractivity contribution is 5.80. The maximum absolute atomic E-state index is 11.8. The van der Waals surface area contributed by atoms with Gasteiger partial charge < -0.3 is 25.4 Å².